The highest BCUT2D eigenvalue weighted by Crippen LogP contribution is 2.26. The van der Waals surface area contributed by atoms with Crippen LogP contribution in [0.4, 0.5) is 4.79 Å². The Labute approximate surface area is 137 Å². The molecule has 23 heavy (non-hydrogen) atoms. The Kier molecular flexibility index (Phi) is 5.47. The molecule has 3 N–H and O–H groups in total. The minimum absolute atomic E-state index is 0.00150. The first-order chi connectivity index (χ1) is 10.9. The van der Waals surface area contributed by atoms with E-state index < -0.39 is 12.1 Å². The van der Waals surface area contributed by atoms with E-state index in [9.17, 15) is 9.59 Å². The Morgan fingerprint density at radius 2 is 2.13 bits per heavy atom. The van der Waals surface area contributed by atoms with Crippen LogP contribution in [0.1, 0.15) is 32.8 Å². The number of amides is 3. The zero-order chi connectivity index (χ0) is 17.0. The summed E-state index contributed by atoms with van der Waals surface area (Å²) < 4.78 is 5.78. The van der Waals surface area contributed by atoms with Crippen LogP contribution < -0.4 is 15.8 Å². The SMILES string of the molecule is CC[C@H](C)[C@H](NC(N)=O)C(=O)N1Cc2ccccc2OC[C@@H]1C. The molecular formula is C17H25N3O3. The third-order valence-electron chi connectivity index (χ3n) is 4.39. The summed E-state index contributed by atoms with van der Waals surface area (Å²) in [5.74, 6) is 0.685. The first kappa shape index (κ1) is 17.1. The molecule has 0 spiro atoms. The Balaban J connectivity index is 2.26. The van der Waals surface area contributed by atoms with Crippen molar-refractivity contribution in [3.05, 3.63) is 29.8 Å². The average molecular weight is 319 g/mol. The number of ether oxygens (including phenoxy) is 1. The Morgan fingerprint density at radius 1 is 1.43 bits per heavy atom. The van der Waals surface area contributed by atoms with Crippen LogP contribution in [0.5, 0.6) is 5.75 Å². The number of fused-ring (bicyclic) bond motifs is 1. The van der Waals surface area contributed by atoms with Crippen LogP contribution in [0, 0.1) is 5.92 Å². The van der Waals surface area contributed by atoms with E-state index in [2.05, 4.69) is 5.32 Å². The molecule has 0 saturated heterocycles. The Morgan fingerprint density at radius 3 is 2.78 bits per heavy atom. The molecule has 0 saturated carbocycles. The van der Waals surface area contributed by atoms with Crippen LogP contribution >= 0.6 is 0 Å². The molecule has 0 radical (unpaired) electrons. The van der Waals surface area contributed by atoms with Gasteiger partial charge in [0.05, 0.1) is 6.04 Å². The number of para-hydroxylation sites is 1. The van der Waals surface area contributed by atoms with Gasteiger partial charge in [-0.25, -0.2) is 4.79 Å². The van der Waals surface area contributed by atoms with E-state index in [1.54, 1.807) is 4.90 Å². The lowest BCUT2D eigenvalue weighted by Gasteiger charge is -2.32. The van der Waals surface area contributed by atoms with E-state index >= 15 is 0 Å². The predicted octanol–water partition coefficient (Wildman–Crippen LogP) is 1.88. The summed E-state index contributed by atoms with van der Waals surface area (Å²) in [6.45, 7) is 6.75. The normalized spacial score (nSPS) is 19.8. The van der Waals surface area contributed by atoms with Crippen molar-refractivity contribution in [3.63, 3.8) is 0 Å². The summed E-state index contributed by atoms with van der Waals surface area (Å²) in [5.41, 5.74) is 6.21. The van der Waals surface area contributed by atoms with E-state index in [1.165, 1.54) is 0 Å². The topological polar surface area (TPSA) is 84.7 Å². The molecule has 0 fully saturated rings. The average Bonchev–Trinajstić information content (AvgIpc) is 2.70. The molecule has 1 aromatic rings. The Bertz CT molecular complexity index is 576. The van der Waals surface area contributed by atoms with Gasteiger partial charge in [-0.2, -0.15) is 0 Å². The van der Waals surface area contributed by atoms with Crippen molar-refractivity contribution in [2.24, 2.45) is 11.7 Å². The molecule has 1 aliphatic heterocycles. The van der Waals surface area contributed by atoms with Crippen molar-refractivity contribution >= 4 is 11.9 Å². The van der Waals surface area contributed by atoms with Gasteiger partial charge in [0.15, 0.2) is 0 Å². The number of nitrogens with zero attached hydrogens (tertiary/aromatic N) is 1. The van der Waals surface area contributed by atoms with Crippen molar-refractivity contribution in [2.75, 3.05) is 6.61 Å². The van der Waals surface area contributed by atoms with Crippen molar-refractivity contribution < 1.29 is 14.3 Å². The lowest BCUT2D eigenvalue weighted by Crippen LogP contribution is -2.55. The molecule has 1 heterocycles. The highest BCUT2D eigenvalue weighted by atomic mass is 16.5. The van der Waals surface area contributed by atoms with Gasteiger partial charge < -0.3 is 20.7 Å². The number of rotatable bonds is 4. The van der Waals surface area contributed by atoms with E-state index in [1.807, 2.05) is 45.0 Å². The monoisotopic (exact) mass is 319 g/mol. The summed E-state index contributed by atoms with van der Waals surface area (Å²) in [7, 11) is 0. The number of primary amides is 1. The van der Waals surface area contributed by atoms with Crippen LogP contribution in [-0.2, 0) is 11.3 Å². The molecule has 6 nitrogen and oxygen atoms in total. The first-order valence-electron chi connectivity index (χ1n) is 8.01. The predicted molar refractivity (Wildman–Crippen MR) is 87.9 cm³/mol. The number of benzene rings is 1. The highest BCUT2D eigenvalue weighted by Gasteiger charge is 2.33. The molecule has 3 atom stereocenters. The summed E-state index contributed by atoms with van der Waals surface area (Å²) >= 11 is 0. The second-order valence-electron chi connectivity index (χ2n) is 6.11. The van der Waals surface area contributed by atoms with E-state index in [0.717, 1.165) is 17.7 Å². The first-order valence-corrected chi connectivity index (χ1v) is 8.01. The lowest BCUT2D eigenvalue weighted by molar-refractivity contribution is -0.137. The zero-order valence-corrected chi connectivity index (χ0v) is 13.9. The molecule has 3 amide bonds. The fourth-order valence-corrected chi connectivity index (χ4v) is 2.73. The van der Waals surface area contributed by atoms with Gasteiger partial charge in [0.2, 0.25) is 5.91 Å². The molecule has 0 aliphatic carbocycles. The lowest BCUT2D eigenvalue weighted by atomic mass is 9.97. The zero-order valence-electron chi connectivity index (χ0n) is 13.9. The molecule has 6 heteroatoms. The summed E-state index contributed by atoms with van der Waals surface area (Å²) in [6.07, 6.45) is 0.770. The van der Waals surface area contributed by atoms with Gasteiger partial charge in [-0.15, -0.1) is 0 Å². The van der Waals surface area contributed by atoms with Gasteiger partial charge in [-0.05, 0) is 18.9 Å². The minimum Gasteiger partial charge on any atom is -0.491 e. The Hall–Kier alpha value is -2.24. The van der Waals surface area contributed by atoms with Crippen LogP contribution in [0.3, 0.4) is 0 Å². The molecule has 0 unspecified atom stereocenters. The molecular weight excluding hydrogens is 294 g/mol. The van der Waals surface area contributed by atoms with Crippen molar-refractivity contribution in [2.45, 2.75) is 45.8 Å². The van der Waals surface area contributed by atoms with Gasteiger partial charge in [0.25, 0.3) is 0 Å². The maximum Gasteiger partial charge on any atom is 0.312 e. The van der Waals surface area contributed by atoms with Crippen LogP contribution in [-0.4, -0.2) is 35.5 Å². The van der Waals surface area contributed by atoms with Gasteiger partial charge in [-0.1, -0.05) is 38.5 Å². The maximum atomic E-state index is 13.0. The number of urea groups is 1. The number of nitrogens with two attached hydrogens (primary N) is 1. The van der Waals surface area contributed by atoms with E-state index in [4.69, 9.17) is 10.5 Å². The quantitative estimate of drug-likeness (QED) is 0.888. The second kappa shape index (κ2) is 7.35. The number of carbonyl (C=O) groups is 2. The van der Waals surface area contributed by atoms with Gasteiger partial charge in [0.1, 0.15) is 18.4 Å². The third kappa shape index (κ3) is 3.94. The summed E-state index contributed by atoms with van der Waals surface area (Å²) in [4.78, 5) is 26.1. The largest absolute Gasteiger partial charge is 0.491 e. The molecule has 0 aromatic heterocycles. The van der Waals surface area contributed by atoms with E-state index in [-0.39, 0.29) is 17.9 Å². The fourth-order valence-electron chi connectivity index (χ4n) is 2.73. The summed E-state index contributed by atoms with van der Waals surface area (Å²) in [6, 6.07) is 6.31. The third-order valence-corrected chi connectivity index (χ3v) is 4.39. The highest BCUT2D eigenvalue weighted by molar-refractivity contribution is 5.87. The van der Waals surface area contributed by atoms with Crippen LogP contribution in [0.25, 0.3) is 0 Å². The van der Waals surface area contributed by atoms with E-state index in [0.29, 0.717) is 13.2 Å². The van der Waals surface area contributed by atoms with Gasteiger partial charge >= 0.3 is 6.03 Å². The van der Waals surface area contributed by atoms with Crippen LogP contribution in [0.2, 0.25) is 0 Å². The van der Waals surface area contributed by atoms with Gasteiger partial charge in [0, 0.05) is 12.1 Å². The number of carbonyl (C=O) groups excluding carboxylic acids is 2. The van der Waals surface area contributed by atoms with Crippen molar-refractivity contribution in [1.82, 2.24) is 10.2 Å². The molecule has 126 valence electrons. The molecule has 0 bridgehead atoms. The molecule has 2 rings (SSSR count). The fraction of sp³-hybridized carbons (Fsp3) is 0.529. The minimum atomic E-state index is -0.678. The van der Waals surface area contributed by atoms with Crippen molar-refractivity contribution in [1.29, 1.82) is 0 Å². The second-order valence-corrected chi connectivity index (χ2v) is 6.11. The van der Waals surface area contributed by atoms with Gasteiger partial charge in [-0.3, -0.25) is 4.79 Å². The smallest absolute Gasteiger partial charge is 0.312 e. The standard InChI is InChI=1S/C17H25N3O3/c1-4-11(2)15(19-17(18)22)16(21)20-9-13-7-5-6-8-14(13)23-10-12(20)3/h5-8,11-12,15H,4,9-10H2,1-3H3,(H3,18,19,22)/t11-,12-,15-/m0/s1. The summed E-state index contributed by atoms with van der Waals surface area (Å²) in [5, 5.41) is 2.60. The molecule has 1 aliphatic rings. The molecule has 1 aromatic carbocycles. The maximum absolute atomic E-state index is 13.0. The van der Waals surface area contributed by atoms with Crippen LogP contribution in [0.15, 0.2) is 24.3 Å². The number of nitrogens with one attached hydrogen (secondary N) is 1. The van der Waals surface area contributed by atoms with Crippen molar-refractivity contribution in [3.8, 4) is 5.75 Å². The number of hydrogen-bond donors (Lipinski definition) is 2. The number of hydrogen-bond acceptors (Lipinski definition) is 3.